The summed E-state index contributed by atoms with van der Waals surface area (Å²) in [5.74, 6) is 0. The van der Waals surface area contributed by atoms with Crippen LogP contribution in [0.1, 0.15) is 12.5 Å². The quantitative estimate of drug-likeness (QED) is 0.747. The monoisotopic (exact) mass is 183 g/mol. The van der Waals surface area contributed by atoms with E-state index in [1.807, 2.05) is 6.92 Å². The summed E-state index contributed by atoms with van der Waals surface area (Å²) in [6, 6.07) is 2.14. The molecule has 12 heavy (non-hydrogen) atoms. The Bertz CT molecular complexity index is 248. The predicted octanol–water partition coefficient (Wildman–Crippen LogP) is 1.31. The van der Waals surface area contributed by atoms with Crippen molar-refractivity contribution in [1.29, 1.82) is 0 Å². The van der Waals surface area contributed by atoms with Gasteiger partial charge in [-0.2, -0.15) is 11.3 Å². The minimum atomic E-state index is -0.435. The third-order valence-electron chi connectivity index (χ3n) is 2.11. The third kappa shape index (κ3) is 1.68. The molecule has 2 nitrogen and oxygen atoms in total. The largest absolute Gasteiger partial charge is 0.388 e. The first-order chi connectivity index (χ1) is 5.66. The first kappa shape index (κ1) is 8.23. The van der Waals surface area contributed by atoms with E-state index in [2.05, 4.69) is 21.7 Å². The van der Waals surface area contributed by atoms with Gasteiger partial charge in [0.2, 0.25) is 0 Å². The highest BCUT2D eigenvalue weighted by Gasteiger charge is 2.35. The van der Waals surface area contributed by atoms with Crippen molar-refractivity contribution >= 4 is 11.3 Å². The first-order valence-corrected chi connectivity index (χ1v) is 5.06. The summed E-state index contributed by atoms with van der Waals surface area (Å²) in [7, 11) is 0. The number of aliphatic hydroxyl groups is 1. The average molecular weight is 183 g/mol. The number of nitrogens with zero attached hydrogens (tertiary/aromatic N) is 1. The van der Waals surface area contributed by atoms with Crippen LogP contribution in [0.4, 0.5) is 0 Å². The van der Waals surface area contributed by atoms with Crippen molar-refractivity contribution in [3.63, 3.8) is 0 Å². The van der Waals surface area contributed by atoms with Crippen LogP contribution in [0.5, 0.6) is 0 Å². The number of hydrogen-bond donors (Lipinski definition) is 1. The van der Waals surface area contributed by atoms with Crippen molar-refractivity contribution in [3.8, 4) is 0 Å². The lowest BCUT2D eigenvalue weighted by molar-refractivity contribution is -0.0870. The standard InChI is InChI=1S/C9H13NOS/c1-9(11)6-10(7-9)4-8-2-3-12-5-8/h2-3,5,11H,4,6-7H2,1H3. The number of likely N-dealkylation sites (tertiary alicyclic amines) is 1. The second-order valence-corrected chi connectivity index (χ2v) is 4.55. The normalized spacial score (nSPS) is 22.2. The maximum absolute atomic E-state index is 9.47. The van der Waals surface area contributed by atoms with Crippen molar-refractivity contribution in [3.05, 3.63) is 22.4 Å². The van der Waals surface area contributed by atoms with Crippen molar-refractivity contribution in [1.82, 2.24) is 4.90 Å². The van der Waals surface area contributed by atoms with Gasteiger partial charge in [0, 0.05) is 19.6 Å². The first-order valence-electron chi connectivity index (χ1n) is 4.12. The molecule has 1 aliphatic rings. The molecule has 0 radical (unpaired) electrons. The molecule has 1 aromatic rings. The van der Waals surface area contributed by atoms with Crippen LogP contribution < -0.4 is 0 Å². The maximum Gasteiger partial charge on any atom is 0.0872 e. The third-order valence-corrected chi connectivity index (χ3v) is 2.85. The molecule has 0 aromatic carbocycles. The Hall–Kier alpha value is -0.380. The Balaban J connectivity index is 1.84. The average Bonchev–Trinajstić information content (AvgIpc) is 2.35. The highest BCUT2D eigenvalue weighted by atomic mass is 32.1. The van der Waals surface area contributed by atoms with E-state index in [0.717, 1.165) is 19.6 Å². The number of hydrogen-bond acceptors (Lipinski definition) is 3. The molecule has 2 rings (SSSR count). The molecule has 0 unspecified atom stereocenters. The number of thiophene rings is 1. The molecule has 66 valence electrons. The second kappa shape index (κ2) is 2.83. The topological polar surface area (TPSA) is 23.5 Å². The maximum atomic E-state index is 9.47. The van der Waals surface area contributed by atoms with Gasteiger partial charge in [-0.15, -0.1) is 0 Å². The molecule has 0 saturated carbocycles. The van der Waals surface area contributed by atoms with E-state index in [4.69, 9.17) is 0 Å². The van der Waals surface area contributed by atoms with E-state index < -0.39 is 5.60 Å². The molecule has 2 heterocycles. The molecule has 1 saturated heterocycles. The van der Waals surface area contributed by atoms with Gasteiger partial charge in [-0.25, -0.2) is 0 Å². The van der Waals surface area contributed by atoms with E-state index >= 15 is 0 Å². The van der Waals surface area contributed by atoms with Crippen LogP contribution in [0.3, 0.4) is 0 Å². The van der Waals surface area contributed by atoms with Gasteiger partial charge in [-0.1, -0.05) is 0 Å². The van der Waals surface area contributed by atoms with Crippen molar-refractivity contribution in [2.24, 2.45) is 0 Å². The van der Waals surface area contributed by atoms with Gasteiger partial charge in [0.15, 0.2) is 0 Å². The molecule has 0 aliphatic carbocycles. The number of rotatable bonds is 2. The molecule has 0 atom stereocenters. The summed E-state index contributed by atoms with van der Waals surface area (Å²) in [4.78, 5) is 2.25. The minimum absolute atomic E-state index is 0.435. The van der Waals surface area contributed by atoms with Gasteiger partial charge in [-0.05, 0) is 29.3 Å². The molecule has 0 spiro atoms. The summed E-state index contributed by atoms with van der Waals surface area (Å²) in [6.07, 6.45) is 0. The molecule has 3 heteroatoms. The lowest BCUT2D eigenvalue weighted by Crippen LogP contribution is -2.59. The van der Waals surface area contributed by atoms with Crippen LogP contribution >= 0.6 is 11.3 Å². The Morgan fingerprint density at radius 1 is 1.67 bits per heavy atom. The lowest BCUT2D eigenvalue weighted by Gasteiger charge is -2.44. The fourth-order valence-corrected chi connectivity index (χ4v) is 2.33. The molecule has 1 N–H and O–H groups in total. The minimum Gasteiger partial charge on any atom is -0.388 e. The van der Waals surface area contributed by atoms with Gasteiger partial charge < -0.3 is 5.11 Å². The van der Waals surface area contributed by atoms with Crippen LogP contribution in [0.15, 0.2) is 16.8 Å². The fourth-order valence-electron chi connectivity index (χ4n) is 1.67. The van der Waals surface area contributed by atoms with Gasteiger partial charge in [0.1, 0.15) is 0 Å². The van der Waals surface area contributed by atoms with Crippen LogP contribution in [-0.4, -0.2) is 28.7 Å². The van der Waals surface area contributed by atoms with Crippen LogP contribution in [-0.2, 0) is 6.54 Å². The van der Waals surface area contributed by atoms with Crippen molar-refractivity contribution in [2.45, 2.75) is 19.1 Å². The molecular weight excluding hydrogens is 170 g/mol. The van der Waals surface area contributed by atoms with E-state index in [1.165, 1.54) is 5.56 Å². The summed E-state index contributed by atoms with van der Waals surface area (Å²) in [6.45, 7) is 4.49. The molecule has 0 bridgehead atoms. The summed E-state index contributed by atoms with van der Waals surface area (Å²) < 4.78 is 0. The van der Waals surface area contributed by atoms with Crippen LogP contribution in [0, 0.1) is 0 Å². The Morgan fingerprint density at radius 2 is 2.42 bits per heavy atom. The summed E-state index contributed by atoms with van der Waals surface area (Å²) in [5, 5.41) is 13.7. The van der Waals surface area contributed by atoms with E-state index in [9.17, 15) is 5.11 Å². The van der Waals surface area contributed by atoms with Crippen molar-refractivity contribution in [2.75, 3.05) is 13.1 Å². The van der Waals surface area contributed by atoms with E-state index in [1.54, 1.807) is 11.3 Å². The van der Waals surface area contributed by atoms with Crippen LogP contribution in [0.2, 0.25) is 0 Å². The molecule has 0 amide bonds. The summed E-state index contributed by atoms with van der Waals surface area (Å²) in [5.41, 5.74) is 0.922. The molecule has 1 aromatic heterocycles. The highest BCUT2D eigenvalue weighted by Crippen LogP contribution is 2.22. The Kier molecular flexibility index (Phi) is 1.94. The SMILES string of the molecule is CC1(O)CN(Cc2ccsc2)C1. The van der Waals surface area contributed by atoms with Crippen molar-refractivity contribution < 1.29 is 5.11 Å². The second-order valence-electron chi connectivity index (χ2n) is 3.77. The zero-order chi connectivity index (χ0) is 8.60. The van der Waals surface area contributed by atoms with E-state index in [-0.39, 0.29) is 0 Å². The zero-order valence-electron chi connectivity index (χ0n) is 7.16. The van der Waals surface area contributed by atoms with Gasteiger partial charge in [-0.3, -0.25) is 4.90 Å². The smallest absolute Gasteiger partial charge is 0.0872 e. The number of β-amino-alcohol motifs (C(OH)–C–C–N with tert-alkyl or cyclic N) is 1. The van der Waals surface area contributed by atoms with Crippen LogP contribution in [0.25, 0.3) is 0 Å². The fraction of sp³-hybridized carbons (Fsp3) is 0.556. The predicted molar refractivity (Wildman–Crippen MR) is 50.2 cm³/mol. The van der Waals surface area contributed by atoms with E-state index in [0.29, 0.717) is 0 Å². The van der Waals surface area contributed by atoms with Gasteiger partial charge >= 0.3 is 0 Å². The lowest BCUT2D eigenvalue weighted by atomic mass is 9.97. The van der Waals surface area contributed by atoms with Gasteiger partial charge in [0.05, 0.1) is 5.60 Å². The molecule has 1 fully saturated rings. The Morgan fingerprint density at radius 3 is 2.92 bits per heavy atom. The Labute approximate surface area is 76.4 Å². The van der Waals surface area contributed by atoms with Gasteiger partial charge in [0.25, 0.3) is 0 Å². The zero-order valence-corrected chi connectivity index (χ0v) is 7.97. The highest BCUT2D eigenvalue weighted by molar-refractivity contribution is 7.07. The molecular formula is C9H13NOS. The molecule has 1 aliphatic heterocycles. The summed E-state index contributed by atoms with van der Waals surface area (Å²) >= 11 is 1.73.